The molecule has 0 radical (unpaired) electrons. The van der Waals surface area contributed by atoms with Gasteiger partial charge in [0.2, 0.25) is 5.89 Å². The molecule has 0 aliphatic carbocycles. The Morgan fingerprint density at radius 2 is 1.95 bits per heavy atom. The predicted octanol–water partition coefficient (Wildman–Crippen LogP) is 1.77. The SMILES string of the molecule is COCCCNCc1nnc(COc2ccccc2)o1. The predicted molar refractivity (Wildman–Crippen MR) is 73.3 cm³/mol. The summed E-state index contributed by atoms with van der Waals surface area (Å²) in [7, 11) is 1.69. The first-order valence-corrected chi connectivity index (χ1v) is 6.57. The molecule has 0 aliphatic heterocycles. The Labute approximate surface area is 118 Å². The summed E-state index contributed by atoms with van der Waals surface area (Å²) in [4.78, 5) is 0. The Bertz CT molecular complexity index is 487. The van der Waals surface area contributed by atoms with Crippen molar-refractivity contribution in [3.63, 3.8) is 0 Å². The van der Waals surface area contributed by atoms with Gasteiger partial charge in [-0.05, 0) is 25.1 Å². The topological polar surface area (TPSA) is 69.4 Å². The second kappa shape index (κ2) is 8.29. The van der Waals surface area contributed by atoms with Gasteiger partial charge < -0.3 is 19.2 Å². The van der Waals surface area contributed by atoms with Crippen LogP contribution in [-0.2, 0) is 17.9 Å². The van der Waals surface area contributed by atoms with Crippen LogP contribution >= 0.6 is 0 Å². The maximum atomic E-state index is 5.53. The highest BCUT2D eigenvalue weighted by Crippen LogP contribution is 2.11. The summed E-state index contributed by atoms with van der Waals surface area (Å²) in [5.41, 5.74) is 0. The van der Waals surface area contributed by atoms with Crippen molar-refractivity contribution >= 4 is 0 Å². The molecule has 6 nitrogen and oxygen atoms in total. The molecule has 0 atom stereocenters. The van der Waals surface area contributed by atoms with Crippen molar-refractivity contribution in [3.8, 4) is 5.75 Å². The second-order valence-corrected chi connectivity index (χ2v) is 4.21. The minimum absolute atomic E-state index is 0.278. The number of ether oxygens (including phenoxy) is 2. The summed E-state index contributed by atoms with van der Waals surface area (Å²) in [5, 5.41) is 11.1. The van der Waals surface area contributed by atoms with Gasteiger partial charge in [0.15, 0.2) is 6.61 Å². The molecule has 0 bridgehead atoms. The number of aromatic nitrogens is 2. The van der Waals surface area contributed by atoms with E-state index in [1.807, 2.05) is 30.3 Å². The van der Waals surface area contributed by atoms with E-state index in [2.05, 4.69) is 15.5 Å². The van der Waals surface area contributed by atoms with Gasteiger partial charge in [0.1, 0.15) is 5.75 Å². The molecule has 2 aromatic rings. The van der Waals surface area contributed by atoms with Crippen molar-refractivity contribution in [2.24, 2.45) is 0 Å². The lowest BCUT2D eigenvalue weighted by molar-refractivity contribution is 0.194. The van der Waals surface area contributed by atoms with Crippen LogP contribution in [0.2, 0.25) is 0 Å². The first-order chi connectivity index (χ1) is 9.88. The number of benzene rings is 1. The Morgan fingerprint density at radius 3 is 2.75 bits per heavy atom. The van der Waals surface area contributed by atoms with Crippen LogP contribution in [0.5, 0.6) is 5.75 Å². The van der Waals surface area contributed by atoms with Gasteiger partial charge in [-0.15, -0.1) is 10.2 Å². The quantitative estimate of drug-likeness (QED) is 0.704. The minimum Gasteiger partial charge on any atom is -0.484 e. The smallest absolute Gasteiger partial charge is 0.253 e. The number of hydrogen-bond acceptors (Lipinski definition) is 6. The minimum atomic E-state index is 0.278. The highest BCUT2D eigenvalue weighted by atomic mass is 16.5. The van der Waals surface area contributed by atoms with Crippen LogP contribution in [0.25, 0.3) is 0 Å². The van der Waals surface area contributed by atoms with Crippen LogP contribution in [0.15, 0.2) is 34.7 Å². The number of nitrogens with zero attached hydrogens (tertiary/aromatic N) is 2. The van der Waals surface area contributed by atoms with Crippen LogP contribution in [0, 0.1) is 0 Å². The number of hydrogen-bond donors (Lipinski definition) is 1. The van der Waals surface area contributed by atoms with Crippen LogP contribution < -0.4 is 10.1 Å². The van der Waals surface area contributed by atoms with Gasteiger partial charge in [-0.2, -0.15) is 0 Å². The molecule has 0 aliphatic rings. The first-order valence-electron chi connectivity index (χ1n) is 6.57. The lowest BCUT2D eigenvalue weighted by Gasteiger charge is -2.02. The molecule has 1 aromatic carbocycles. The van der Waals surface area contributed by atoms with Gasteiger partial charge in [0, 0.05) is 13.7 Å². The Morgan fingerprint density at radius 1 is 1.15 bits per heavy atom. The van der Waals surface area contributed by atoms with Gasteiger partial charge in [0.05, 0.1) is 6.54 Å². The summed E-state index contributed by atoms with van der Waals surface area (Å²) in [6.45, 7) is 2.43. The van der Waals surface area contributed by atoms with Crippen LogP contribution in [-0.4, -0.2) is 30.5 Å². The molecule has 2 rings (SSSR count). The van der Waals surface area contributed by atoms with Crippen molar-refractivity contribution in [1.29, 1.82) is 0 Å². The zero-order valence-corrected chi connectivity index (χ0v) is 11.5. The van der Waals surface area contributed by atoms with Crippen LogP contribution in [0.1, 0.15) is 18.2 Å². The van der Waals surface area contributed by atoms with E-state index in [1.165, 1.54) is 0 Å². The molecule has 0 fully saturated rings. The summed E-state index contributed by atoms with van der Waals surface area (Å²) in [5.74, 6) is 1.82. The molecule has 1 N–H and O–H groups in total. The normalized spacial score (nSPS) is 10.7. The average molecular weight is 277 g/mol. The van der Waals surface area contributed by atoms with Crippen molar-refractivity contribution < 1.29 is 13.9 Å². The van der Waals surface area contributed by atoms with Gasteiger partial charge >= 0.3 is 0 Å². The fourth-order valence-electron chi connectivity index (χ4n) is 1.62. The van der Waals surface area contributed by atoms with E-state index in [4.69, 9.17) is 13.9 Å². The number of nitrogens with one attached hydrogen (secondary N) is 1. The highest BCUT2D eigenvalue weighted by molar-refractivity contribution is 5.20. The number of para-hydroxylation sites is 1. The molecule has 0 spiro atoms. The molecule has 1 aromatic heterocycles. The highest BCUT2D eigenvalue weighted by Gasteiger charge is 2.06. The lowest BCUT2D eigenvalue weighted by atomic mass is 10.3. The van der Waals surface area contributed by atoms with Gasteiger partial charge in [-0.3, -0.25) is 0 Å². The fraction of sp³-hybridized carbons (Fsp3) is 0.429. The van der Waals surface area contributed by atoms with E-state index >= 15 is 0 Å². The maximum absolute atomic E-state index is 5.53. The van der Waals surface area contributed by atoms with E-state index in [0.29, 0.717) is 18.3 Å². The average Bonchev–Trinajstić information content (AvgIpc) is 2.94. The Hall–Kier alpha value is -1.92. The third-order valence-corrected chi connectivity index (χ3v) is 2.59. The molecule has 6 heteroatoms. The van der Waals surface area contributed by atoms with Gasteiger partial charge in [0.25, 0.3) is 5.89 Å². The molecular formula is C14H19N3O3. The summed E-state index contributed by atoms with van der Waals surface area (Å²) in [6, 6.07) is 9.53. The lowest BCUT2D eigenvalue weighted by Crippen LogP contribution is -2.16. The van der Waals surface area contributed by atoms with E-state index in [-0.39, 0.29) is 6.61 Å². The van der Waals surface area contributed by atoms with Gasteiger partial charge in [-0.1, -0.05) is 18.2 Å². The summed E-state index contributed by atoms with van der Waals surface area (Å²) < 4.78 is 16.0. The van der Waals surface area contributed by atoms with Crippen molar-refractivity contribution in [2.45, 2.75) is 19.6 Å². The third kappa shape index (κ3) is 4.99. The van der Waals surface area contributed by atoms with E-state index < -0.39 is 0 Å². The van der Waals surface area contributed by atoms with Crippen molar-refractivity contribution in [2.75, 3.05) is 20.3 Å². The van der Waals surface area contributed by atoms with E-state index in [1.54, 1.807) is 7.11 Å². The standard InChI is InChI=1S/C14H19N3O3/c1-18-9-5-8-15-10-13-16-17-14(20-13)11-19-12-6-3-2-4-7-12/h2-4,6-7,15H,5,8-11H2,1H3. The molecule has 20 heavy (non-hydrogen) atoms. The molecule has 0 unspecified atom stereocenters. The Kier molecular flexibility index (Phi) is 6.01. The number of methoxy groups -OCH3 is 1. The van der Waals surface area contributed by atoms with E-state index in [0.717, 1.165) is 25.3 Å². The monoisotopic (exact) mass is 277 g/mol. The summed E-state index contributed by atoms with van der Waals surface area (Å²) >= 11 is 0. The largest absolute Gasteiger partial charge is 0.484 e. The first kappa shape index (κ1) is 14.5. The van der Waals surface area contributed by atoms with Crippen molar-refractivity contribution in [3.05, 3.63) is 42.1 Å². The second-order valence-electron chi connectivity index (χ2n) is 4.21. The van der Waals surface area contributed by atoms with E-state index in [9.17, 15) is 0 Å². The maximum Gasteiger partial charge on any atom is 0.253 e. The zero-order valence-electron chi connectivity index (χ0n) is 11.5. The Balaban J connectivity index is 1.69. The fourth-order valence-corrected chi connectivity index (χ4v) is 1.62. The molecule has 1 heterocycles. The molecule has 0 saturated heterocycles. The third-order valence-electron chi connectivity index (χ3n) is 2.59. The van der Waals surface area contributed by atoms with Crippen LogP contribution in [0.3, 0.4) is 0 Å². The van der Waals surface area contributed by atoms with Crippen LogP contribution in [0.4, 0.5) is 0 Å². The number of rotatable bonds is 9. The summed E-state index contributed by atoms with van der Waals surface area (Å²) in [6.07, 6.45) is 0.953. The molecule has 0 amide bonds. The molecule has 108 valence electrons. The molecular weight excluding hydrogens is 258 g/mol. The zero-order chi connectivity index (χ0) is 14.0. The van der Waals surface area contributed by atoms with Crippen molar-refractivity contribution in [1.82, 2.24) is 15.5 Å². The molecule has 0 saturated carbocycles. The van der Waals surface area contributed by atoms with Gasteiger partial charge in [-0.25, -0.2) is 0 Å².